The van der Waals surface area contributed by atoms with E-state index in [1.165, 1.54) is 0 Å². The Kier molecular flexibility index (Phi) is 7.80. The number of thiophene rings is 1. The average Bonchev–Trinajstić information content (AvgIpc) is 3.53. The number of nitrogens with zero attached hydrogens (tertiary/aromatic N) is 3. The van der Waals surface area contributed by atoms with Crippen LogP contribution in [0.15, 0.2) is 77.3 Å². The van der Waals surface area contributed by atoms with Crippen LogP contribution in [0.1, 0.15) is 29.8 Å². The lowest BCUT2D eigenvalue weighted by Gasteiger charge is -2.18. The zero-order valence-corrected chi connectivity index (χ0v) is 20.2. The van der Waals surface area contributed by atoms with Gasteiger partial charge in [0.1, 0.15) is 5.75 Å². The largest absolute Gasteiger partial charge is 0.497 e. The van der Waals surface area contributed by atoms with E-state index in [9.17, 15) is 4.79 Å². The second-order valence-electron chi connectivity index (χ2n) is 7.30. The minimum atomic E-state index is -0.135. The van der Waals surface area contributed by atoms with E-state index in [1.807, 2.05) is 66.0 Å². The van der Waals surface area contributed by atoms with Crippen molar-refractivity contribution in [1.29, 1.82) is 0 Å². The van der Waals surface area contributed by atoms with E-state index in [0.29, 0.717) is 12.2 Å². The fourth-order valence-electron chi connectivity index (χ4n) is 3.52. The Bertz CT molecular complexity index is 1160. The highest BCUT2D eigenvalue weighted by molar-refractivity contribution is 7.99. The number of rotatable bonds is 10. The number of amides is 1. The van der Waals surface area contributed by atoms with Gasteiger partial charge >= 0.3 is 0 Å². The van der Waals surface area contributed by atoms with Crippen molar-refractivity contribution in [2.75, 3.05) is 12.9 Å². The maximum atomic E-state index is 12.8. The number of carbonyl (C=O) groups is 1. The normalized spacial score (nSPS) is 11.8. The Labute approximate surface area is 202 Å². The molecule has 0 aliphatic rings. The second kappa shape index (κ2) is 11.2. The van der Waals surface area contributed by atoms with Crippen LogP contribution in [0, 0.1) is 0 Å². The molecule has 0 aliphatic heterocycles. The van der Waals surface area contributed by atoms with Gasteiger partial charge in [-0.15, -0.1) is 21.5 Å². The molecule has 2 heterocycles. The Hall–Kier alpha value is -3.10. The van der Waals surface area contributed by atoms with E-state index in [2.05, 4.69) is 33.1 Å². The third-order valence-corrected chi connectivity index (χ3v) is 7.11. The molecule has 6 nitrogen and oxygen atoms in total. The molecule has 1 unspecified atom stereocenters. The molecular formula is C25H26N4O2S2. The lowest BCUT2D eigenvalue weighted by Crippen LogP contribution is -2.29. The summed E-state index contributed by atoms with van der Waals surface area (Å²) in [6.45, 7) is 2.82. The number of methoxy groups -OCH3 is 1. The molecule has 2 aromatic carbocycles. The smallest absolute Gasteiger partial charge is 0.221 e. The van der Waals surface area contributed by atoms with Crippen LogP contribution >= 0.6 is 23.1 Å². The Balaban J connectivity index is 1.38. The molecule has 2 aromatic heterocycles. The molecule has 1 atom stereocenters. The van der Waals surface area contributed by atoms with E-state index in [-0.39, 0.29) is 11.9 Å². The van der Waals surface area contributed by atoms with Crippen molar-refractivity contribution < 1.29 is 9.53 Å². The molecule has 8 heteroatoms. The number of thioether (sulfide) groups is 1. The van der Waals surface area contributed by atoms with Crippen LogP contribution in [0.4, 0.5) is 0 Å². The van der Waals surface area contributed by atoms with Gasteiger partial charge in [0.15, 0.2) is 11.0 Å². The summed E-state index contributed by atoms with van der Waals surface area (Å²) in [6, 6.07) is 21.8. The zero-order chi connectivity index (χ0) is 23.0. The maximum Gasteiger partial charge on any atom is 0.221 e. The quantitative estimate of drug-likeness (QED) is 0.308. The van der Waals surface area contributed by atoms with Gasteiger partial charge in [0.05, 0.1) is 13.2 Å². The Morgan fingerprint density at radius 2 is 1.88 bits per heavy atom. The number of carbonyl (C=O) groups excluding carboxylic acids is 1. The summed E-state index contributed by atoms with van der Waals surface area (Å²) in [4.78, 5) is 13.9. The number of ether oxygens (including phenoxy) is 1. The molecule has 1 amide bonds. The summed E-state index contributed by atoms with van der Waals surface area (Å²) in [5.74, 6) is 2.26. The highest BCUT2D eigenvalue weighted by Gasteiger charge is 2.18. The summed E-state index contributed by atoms with van der Waals surface area (Å²) < 4.78 is 7.31. The SMILES string of the molecule is CCn1c(SCCC(=O)NC(c2ccccc2)c2cccs2)nnc1-c1ccc(OC)cc1. The van der Waals surface area contributed by atoms with Gasteiger partial charge in [-0.3, -0.25) is 4.79 Å². The van der Waals surface area contributed by atoms with Gasteiger partial charge in [0.2, 0.25) is 5.91 Å². The molecular weight excluding hydrogens is 452 g/mol. The molecule has 0 spiro atoms. The minimum absolute atomic E-state index is 0.0164. The lowest BCUT2D eigenvalue weighted by molar-refractivity contribution is -0.121. The van der Waals surface area contributed by atoms with Crippen molar-refractivity contribution in [3.8, 4) is 17.1 Å². The minimum Gasteiger partial charge on any atom is -0.497 e. The predicted molar refractivity (Wildman–Crippen MR) is 134 cm³/mol. The summed E-state index contributed by atoms with van der Waals surface area (Å²) in [5, 5.41) is 14.8. The molecule has 0 aliphatic carbocycles. The van der Waals surface area contributed by atoms with Gasteiger partial charge in [-0.05, 0) is 48.2 Å². The highest BCUT2D eigenvalue weighted by atomic mass is 32.2. The Morgan fingerprint density at radius 3 is 2.55 bits per heavy atom. The van der Waals surface area contributed by atoms with E-state index in [4.69, 9.17) is 4.74 Å². The van der Waals surface area contributed by atoms with Crippen molar-refractivity contribution >= 4 is 29.0 Å². The lowest BCUT2D eigenvalue weighted by atomic mass is 10.1. The van der Waals surface area contributed by atoms with Crippen molar-refractivity contribution in [3.63, 3.8) is 0 Å². The summed E-state index contributed by atoms with van der Waals surface area (Å²) >= 11 is 3.20. The molecule has 0 saturated heterocycles. The predicted octanol–water partition coefficient (Wildman–Crippen LogP) is 5.42. The number of aromatic nitrogens is 3. The maximum absolute atomic E-state index is 12.8. The van der Waals surface area contributed by atoms with Crippen LogP contribution in [0.25, 0.3) is 11.4 Å². The molecule has 4 aromatic rings. The van der Waals surface area contributed by atoms with Gasteiger partial charge < -0.3 is 14.6 Å². The first-order valence-corrected chi connectivity index (χ1v) is 12.6. The van der Waals surface area contributed by atoms with E-state index < -0.39 is 0 Å². The molecule has 1 N–H and O–H groups in total. The standard InChI is InChI=1S/C25H26N4O2S2/c1-3-29-24(19-11-13-20(31-2)14-12-19)27-28-25(29)33-17-15-22(30)26-23(21-10-7-16-32-21)18-8-5-4-6-9-18/h4-14,16,23H,3,15,17H2,1-2H3,(H,26,30). The molecule has 0 bridgehead atoms. The number of benzene rings is 2. The van der Waals surface area contributed by atoms with Crippen LogP contribution in [0.2, 0.25) is 0 Å². The third kappa shape index (κ3) is 5.64. The molecule has 0 radical (unpaired) electrons. The van der Waals surface area contributed by atoms with E-state index >= 15 is 0 Å². The number of hydrogen-bond acceptors (Lipinski definition) is 6. The summed E-state index contributed by atoms with van der Waals surface area (Å²) in [7, 11) is 1.65. The van der Waals surface area contributed by atoms with Crippen LogP contribution in [-0.4, -0.2) is 33.5 Å². The van der Waals surface area contributed by atoms with Crippen molar-refractivity contribution in [1.82, 2.24) is 20.1 Å². The zero-order valence-electron chi connectivity index (χ0n) is 18.6. The number of hydrogen-bond donors (Lipinski definition) is 1. The summed E-state index contributed by atoms with van der Waals surface area (Å²) in [6.07, 6.45) is 0.397. The average molecular weight is 479 g/mol. The first-order valence-electron chi connectivity index (χ1n) is 10.8. The van der Waals surface area contributed by atoms with Gasteiger partial charge in [0, 0.05) is 29.2 Å². The van der Waals surface area contributed by atoms with Crippen LogP contribution in [0.3, 0.4) is 0 Å². The molecule has 170 valence electrons. The van der Waals surface area contributed by atoms with Crippen LogP contribution < -0.4 is 10.1 Å². The third-order valence-electron chi connectivity index (χ3n) is 5.21. The van der Waals surface area contributed by atoms with Gasteiger partial charge in [-0.25, -0.2) is 0 Å². The summed E-state index contributed by atoms with van der Waals surface area (Å²) in [5.41, 5.74) is 2.06. The Morgan fingerprint density at radius 1 is 1.09 bits per heavy atom. The topological polar surface area (TPSA) is 69.0 Å². The van der Waals surface area contributed by atoms with E-state index in [1.54, 1.807) is 30.2 Å². The van der Waals surface area contributed by atoms with Crippen LogP contribution in [0.5, 0.6) is 5.75 Å². The highest BCUT2D eigenvalue weighted by Crippen LogP contribution is 2.28. The molecule has 33 heavy (non-hydrogen) atoms. The van der Waals surface area contributed by atoms with Gasteiger partial charge in [-0.1, -0.05) is 48.2 Å². The monoisotopic (exact) mass is 478 g/mol. The molecule has 0 fully saturated rings. The first-order chi connectivity index (χ1) is 16.2. The second-order valence-corrected chi connectivity index (χ2v) is 9.35. The van der Waals surface area contributed by atoms with Gasteiger partial charge in [-0.2, -0.15) is 0 Å². The molecule has 0 saturated carbocycles. The molecule has 4 rings (SSSR count). The van der Waals surface area contributed by atoms with Gasteiger partial charge in [0.25, 0.3) is 0 Å². The fraction of sp³-hybridized carbons (Fsp3) is 0.240. The van der Waals surface area contributed by atoms with Crippen LogP contribution in [-0.2, 0) is 11.3 Å². The van der Waals surface area contributed by atoms with Crippen molar-refractivity contribution in [2.24, 2.45) is 0 Å². The fourth-order valence-corrected chi connectivity index (χ4v) is 5.26. The van der Waals surface area contributed by atoms with Crippen molar-refractivity contribution in [3.05, 3.63) is 82.6 Å². The first kappa shape index (κ1) is 23.1. The number of nitrogens with one attached hydrogen (secondary N) is 1. The van der Waals surface area contributed by atoms with E-state index in [0.717, 1.165) is 39.3 Å². The van der Waals surface area contributed by atoms with Crippen molar-refractivity contribution in [2.45, 2.75) is 31.1 Å².